The molecule has 20 heavy (non-hydrogen) atoms. The van der Waals surface area contributed by atoms with E-state index in [1.54, 1.807) is 0 Å². The van der Waals surface area contributed by atoms with E-state index < -0.39 is 26.6 Å². The molecule has 1 aromatic carbocycles. The lowest BCUT2D eigenvalue weighted by atomic mass is 9.96. The molecule has 0 bridgehead atoms. The Labute approximate surface area is 123 Å². The summed E-state index contributed by atoms with van der Waals surface area (Å²) >= 11 is 0. The third-order valence-electron chi connectivity index (χ3n) is 3.32. The molecule has 114 valence electrons. The third kappa shape index (κ3) is 3.88. The van der Waals surface area contributed by atoms with Crippen molar-refractivity contribution < 1.29 is 17.2 Å². The highest BCUT2D eigenvalue weighted by Crippen LogP contribution is 2.19. The first-order chi connectivity index (χ1) is 8.90. The summed E-state index contributed by atoms with van der Waals surface area (Å²) in [6, 6.07) is 2.07. The van der Waals surface area contributed by atoms with Gasteiger partial charge in [-0.25, -0.2) is 21.9 Å². The maximum Gasteiger partial charge on any atom is 0.243 e. The monoisotopic (exact) mass is 326 g/mol. The average Bonchev–Trinajstić information content (AvgIpc) is 2.35. The molecule has 2 rings (SSSR count). The van der Waals surface area contributed by atoms with Crippen molar-refractivity contribution in [1.29, 1.82) is 0 Å². The van der Waals surface area contributed by atoms with Gasteiger partial charge in [-0.05, 0) is 37.1 Å². The van der Waals surface area contributed by atoms with Gasteiger partial charge in [0.2, 0.25) is 10.0 Å². The molecule has 0 amide bonds. The predicted molar refractivity (Wildman–Crippen MR) is 74.4 cm³/mol. The van der Waals surface area contributed by atoms with Gasteiger partial charge in [-0.1, -0.05) is 6.92 Å². The fraction of sp³-hybridized carbons (Fsp3) is 0.500. The second kappa shape index (κ2) is 6.80. The SMILES string of the molecule is CC1CCNCC1NS(=O)(=O)c1cc(F)ccc1F.Cl. The summed E-state index contributed by atoms with van der Waals surface area (Å²) in [4.78, 5) is -0.648. The molecule has 0 saturated carbocycles. The Bertz CT molecular complexity index is 569. The zero-order valence-electron chi connectivity index (χ0n) is 10.9. The quantitative estimate of drug-likeness (QED) is 0.888. The largest absolute Gasteiger partial charge is 0.315 e. The molecule has 2 unspecified atom stereocenters. The zero-order valence-corrected chi connectivity index (χ0v) is 12.5. The van der Waals surface area contributed by atoms with E-state index in [1.165, 1.54) is 0 Å². The van der Waals surface area contributed by atoms with Crippen LogP contribution in [0.15, 0.2) is 23.1 Å². The average molecular weight is 327 g/mol. The molecular formula is C12H17ClF2N2O2S. The minimum Gasteiger partial charge on any atom is -0.315 e. The maximum absolute atomic E-state index is 13.5. The smallest absolute Gasteiger partial charge is 0.243 e. The number of hydrogen-bond donors (Lipinski definition) is 2. The molecular weight excluding hydrogens is 310 g/mol. The van der Waals surface area contributed by atoms with Gasteiger partial charge in [0.05, 0.1) is 0 Å². The molecule has 0 spiro atoms. The zero-order chi connectivity index (χ0) is 14.0. The molecule has 0 radical (unpaired) electrons. The number of hydrogen-bond acceptors (Lipinski definition) is 3. The lowest BCUT2D eigenvalue weighted by Gasteiger charge is -2.30. The summed E-state index contributed by atoms with van der Waals surface area (Å²) in [7, 11) is -4.05. The highest BCUT2D eigenvalue weighted by molar-refractivity contribution is 7.89. The van der Waals surface area contributed by atoms with E-state index in [9.17, 15) is 17.2 Å². The van der Waals surface area contributed by atoms with Gasteiger partial charge in [-0.2, -0.15) is 0 Å². The van der Waals surface area contributed by atoms with Gasteiger partial charge in [-0.3, -0.25) is 0 Å². The Morgan fingerprint density at radius 3 is 2.70 bits per heavy atom. The normalized spacial score (nSPS) is 23.1. The summed E-state index contributed by atoms with van der Waals surface area (Å²) in [5, 5.41) is 3.07. The van der Waals surface area contributed by atoms with Crippen LogP contribution in [0.2, 0.25) is 0 Å². The van der Waals surface area contributed by atoms with Crippen molar-refractivity contribution in [3.8, 4) is 0 Å². The molecule has 1 aliphatic heterocycles. The first-order valence-electron chi connectivity index (χ1n) is 6.08. The number of nitrogens with one attached hydrogen (secondary N) is 2. The van der Waals surface area contributed by atoms with E-state index in [4.69, 9.17) is 0 Å². The first kappa shape index (κ1) is 17.3. The molecule has 4 nitrogen and oxygen atoms in total. The Hall–Kier alpha value is -0.760. The summed E-state index contributed by atoms with van der Waals surface area (Å²) in [5.74, 6) is -1.59. The van der Waals surface area contributed by atoms with Gasteiger partial charge in [0, 0.05) is 12.6 Å². The maximum atomic E-state index is 13.5. The number of benzene rings is 1. The predicted octanol–water partition coefficient (Wildman–Crippen LogP) is 1.66. The van der Waals surface area contributed by atoms with Gasteiger partial charge < -0.3 is 5.32 Å². The van der Waals surface area contributed by atoms with Crippen molar-refractivity contribution >= 4 is 22.4 Å². The molecule has 1 fully saturated rings. The summed E-state index contributed by atoms with van der Waals surface area (Å²) in [6.45, 7) is 3.24. The number of piperidine rings is 1. The molecule has 0 aliphatic carbocycles. The van der Waals surface area contributed by atoms with Gasteiger partial charge in [0.15, 0.2) is 0 Å². The molecule has 8 heteroatoms. The third-order valence-corrected chi connectivity index (χ3v) is 4.82. The number of halogens is 3. The van der Waals surface area contributed by atoms with Crippen LogP contribution in [0.4, 0.5) is 8.78 Å². The van der Waals surface area contributed by atoms with Crippen LogP contribution < -0.4 is 10.0 Å². The van der Waals surface area contributed by atoms with Crippen LogP contribution >= 0.6 is 12.4 Å². The second-order valence-corrected chi connectivity index (χ2v) is 6.46. The Balaban J connectivity index is 0.00000200. The van der Waals surface area contributed by atoms with Crippen LogP contribution in [-0.2, 0) is 10.0 Å². The minimum atomic E-state index is -4.05. The van der Waals surface area contributed by atoms with Crippen LogP contribution in [0.1, 0.15) is 13.3 Å². The molecule has 1 aliphatic rings. The Morgan fingerprint density at radius 1 is 1.35 bits per heavy atom. The number of sulfonamides is 1. The van der Waals surface area contributed by atoms with E-state index in [0.29, 0.717) is 12.6 Å². The lowest BCUT2D eigenvalue weighted by molar-refractivity contribution is 0.326. The number of rotatable bonds is 3. The summed E-state index contributed by atoms with van der Waals surface area (Å²) in [5.41, 5.74) is 0. The van der Waals surface area contributed by atoms with E-state index in [2.05, 4.69) is 10.0 Å². The van der Waals surface area contributed by atoms with Crippen LogP contribution in [0.3, 0.4) is 0 Å². The highest BCUT2D eigenvalue weighted by Gasteiger charge is 2.28. The fourth-order valence-corrected chi connectivity index (χ4v) is 3.53. The van der Waals surface area contributed by atoms with Gasteiger partial charge in [-0.15, -0.1) is 12.4 Å². The minimum absolute atomic E-state index is 0. The van der Waals surface area contributed by atoms with Crippen molar-refractivity contribution in [1.82, 2.24) is 10.0 Å². The van der Waals surface area contributed by atoms with Gasteiger partial charge >= 0.3 is 0 Å². The Kier molecular flexibility index (Phi) is 5.88. The van der Waals surface area contributed by atoms with Crippen LogP contribution in [0, 0.1) is 17.6 Å². The van der Waals surface area contributed by atoms with Gasteiger partial charge in [0.25, 0.3) is 0 Å². The van der Waals surface area contributed by atoms with Crippen molar-refractivity contribution in [3.05, 3.63) is 29.8 Å². The molecule has 2 N–H and O–H groups in total. The van der Waals surface area contributed by atoms with Crippen LogP contribution in [0.5, 0.6) is 0 Å². The second-order valence-electron chi connectivity index (χ2n) is 4.77. The van der Waals surface area contributed by atoms with Crippen LogP contribution in [0.25, 0.3) is 0 Å². The summed E-state index contributed by atoms with van der Waals surface area (Å²) < 4.78 is 53.2. The van der Waals surface area contributed by atoms with Crippen LogP contribution in [-0.4, -0.2) is 27.5 Å². The van der Waals surface area contributed by atoms with E-state index >= 15 is 0 Å². The van der Waals surface area contributed by atoms with Crippen molar-refractivity contribution in [3.63, 3.8) is 0 Å². The van der Waals surface area contributed by atoms with Crippen molar-refractivity contribution in [2.24, 2.45) is 5.92 Å². The van der Waals surface area contributed by atoms with Gasteiger partial charge in [0.1, 0.15) is 16.5 Å². The van der Waals surface area contributed by atoms with Crippen molar-refractivity contribution in [2.45, 2.75) is 24.3 Å². The highest BCUT2D eigenvalue weighted by atomic mass is 35.5. The standard InChI is InChI=1S/C12H16F2N2O2S.ClH/c1-8-4-5-15-7-11(8)16-19(17,18)12-6-9(13)2-3-10(12)14;/h2-3,6,8,11,15-16H,4-5,7H2,1H3;1H. The molecule has 1 heterocycles. The molecule has 1 aromatic rings. The molecule has 0 aromatic heterocycles. The Morgan fingerprint density at radius 2 is 2.05 bits per heavy atom. The summed E-state index contributed by atoms with van der Waals surface area (Å²) in [6.07, 6.45) is 0.832. The first-order valence-corrected chi connectivity index (χ1v) is 7.56. The molecule has 1 saturated heterocycles. The molecule has 2 atom stereocenters. The van der Waals surface area contributed by atoms with E-state index in [-0.39, 0.29) is 24.4 Å². The topological polar surface area (TPSA) is 58.2 Å². The van der Waals surface area contributed by atoms with E-state index in [1.807, 2.05) is 6.92 Å². The fourth-order valence-electron chi connectivity index (χ4n) is 2.09. The van der Waals surface area contributed by atoms with E-state index in [0.717, 1.165) is 25.1 Å². The van der Waals surface area contributed by atoms with Crippen molar-refractivity contribution in [2.75, 3.05) is 13.1 Å². The lowest BCUT2D eigenvalue weighted by Crippen LogP contribution is -2.50.